The van der Waals surface area contributed by atoms with Gasteiger partial charge in [0.05, 0.1) is 6.26 Å². The molecule has 1 atom stereocenters. The number of nitrogens with one attached hydrogen (secondary N) is 1. The van der Waals surface area contributed by atoms with Crippen LogP contribution in [0.2, 0.25) is 0 Å². The molecule has 0 radical (unpaired) electrons. The van der Waals surface area contributed by atoms with E-state index in [1.165, 1.54) is 25.7 Å². The molecule has 0 saturated heterocycles. The predicted molar refractivity (Wildman–Crippen MR) is 61.8 cm³/mol. The highest BCUT2D eigenvalue weighted by atomic mass is 16.3. The van der Waals surface area contributed by atoms with E-state index in [0.717, 1.165) is 30.6 Å². The molecule has 2 rings (SSSR count). The van der Waals surface area contributed by atoms with Crippen molar-refractivity contribution in [3.05, 3.63) is 24.2 Å². The fraction of sp³-hybridized carbons (Fsp3) is 0.692. The predicted octanol–water partition coefficient (Wildman–Crippen LogP) is 2.85. The fourth-order valence-corrected chi connectivity index (χ4v) is 2.78. The first-order chi connectivity index (χ1) is 7.40. The van der Waals surface area contributed by atoms with Gasteiger partial charge in [0.2, 0.25) is 0 Å². The molecule has 1 saturated carbocycles. The number of furan rings is 1. The van der Waals surface area contributed by atoms with E-state index in [1.54, 1.807) is 6.26 Å². The molecule has 1 aromatic heterocycles. The molecule has 0 amide bonds. The number of hydrogen-bond acceptors (Lipinski definition) is 2. The Morgan fingerprint density at radius 3 is 2.87 bits per heavy atom. The van der Waals surface area contributed by atoms with E-state index < -0.39 is 0 Å². The van der Waals surface area contributed by atoms with Gasteiger partial charge in [-0.3, -0.25) is 0 Å². The van der Waals surface area contributed by atoms with Crippen LogP contribution in [-0.4, -0.2) is 13.6 Å². The van der Waals surface area contributed by atoms with Crippen molar-refractivity contribution in [1.82, 2.24) is 5.32 Å². The lowest BCUT2D eigenvalue weighted by Crippen LogP contribution is -2.26. The summed E-state index contributed by atoms with van der Waals surface area (Å²) in [5.41, 5.74) is 0. The van der Waals surface area contributed by atoms with E-state index in [2.05, 4.69) is 11.4 Å². The summed E-state index contributed by atoms with van der Waals surface area (Å²) in [4.78, 5) is 0. The highest BCUT2D eigenvalue weighted by Gasteiger charge is 2.25. The molecule has 1 aliphatic carbocycles. The minimum absolute atomic E-state index is 0.753. The summed E-state index contributed by atoms with van der Waals surface area (Å²) in [6.07, 6.45) is 8.53. The van der Waals surface area contributed by atoms with E-state index in [4.69, 9.17) is 4.42 Å². The molecular formula is C13H21NO. The summed E-state index contributed by atoms with van der Waals surface area (Å²) in [7, 11) is 2.05. The van der Waals surface area contributed by atoms with Crippen molar-refractivity contribution in [2.24, 2.45) is 11.8 Å². The Morgan fingerprint density at radius 2 is 2.27 bits per heavy atom. The number of hydrogen-bond donors (Lipinski definition) is 1. The first-order valence-electron chi connectivity index (χ1n) is 6.07. The van der Waals surface area contributed by atoms with Crippen LogP contribution in [0.4, 0.5) is 0 Å². The van der Waals surface area contributed by atoms with Crippen molar-refractivity contribution < 1.29 is 4.42 Å². The maximum atomic E-state index is 5.44. The van der Waals surface area contributed by atoms with Crippen molar-refractivity contribution in [2.75, 3.05) is 13.6 Å². The summed E-state index contributed by atoms with van der Waals surface area (Å²) in [6.45, 7) is 1.12. The van der Waals surface area contributed by atoms with Gasteiger partial charge in [-0.1, -0.05) is 25.7 Å². The molecule has 0 aromatic carbocycles. The molecule has 1 fully saturated rings. The molecule has 1 N–H and O–H groups in total. The summed E-state index contributed by atoms with van der Waals surface area (Å²) in [5, 5.41) is 3.32. The van der Waals surface area contributed by atoms with E-state index in [9.17, 15) is 0 Å². The molecule has 1 aromatic rings. The van der Waals surface area contributed by atoms with Crippen LogP contribution in [0.1, 0.15) is 31.4 Å². The van der Waals surface area contributed by atoms with Gasteiger partial charge in [-0.2, -0.15) is 0 Å². The van der Waals surface area contributed by atoms with Gasteiger partial charge in [-0.25, -0.2) is 0 Å². The quantitative estimate of drug-likeness (QED) is 0.803. The first-order valence-corrected chi connectivity index (χ1v) is 6.07. The van der Waals surface area contributed by atoms with Gasteiger partial charge in [0.15, 0.2) is 0 Å². The maximum absolute atomic E-state index is 5.44. The van der Waals surface area contributed by atoms with Crippen molar-refractivity contribution in [2.45, 2.75) is 32.1 Å². The lowest BCUT2D eigenvalue weighted by molar-refractivity contribution is 0.308. The normalized spacial score (nSPS) is 19.5. The smallest absolute Gasteiger partial charge is 0.104 e. The van der Waals surface area contributed by atoms with E-state index in [0.29, 0.717) is 0 Å². The molecule has 1 unspecified atom stereocenters. The third kappa shape index (κ3) is 2.85. The summed E-state index contributed by atoms with van der Waals surface area (Å²) >= 11 is 0. The topological polar surface area (TPSA) is 25.2 Å². The standard InChI is InChI=1S/C13H21NO/c1-14-10-12(11-5-2-3-6-11)9-13-7-4-8-15-13/h4,7-8,11-12,14H,2-3,5-6,9-10H2,1H3. The molecule has 1 aliphatic rings. The highest BCUT2D eigenvalue weighted by molar-refractivity contribution is 5.00. The summed E-state index contributed by atoms with van der Waals surface area (Å²) < 4.78 is 5.44. The Bertz CT molecular complexity index is 262. The summed E-state index contributed by atoms with van der Waals surface area (Å²) in [6, 6.07) is 4.08. The molecule has 2 heteroatoms. The lowest BCUT2D eigenvalue weighted by atomic mass is 9.87. The van der Waals surface area contributed by atoms with Crippen molar-refractivity contribution in [3.8, 4) is 0 Å². The zero-order valence-electron chi connectivity index (χ0n) is 9.54. The van der Waals surface area contributed by atoms with Crippen molar-refractivity contribution in [3.63, 3.8) is 0 Å². The maximum Gasteiger partial charge on any atom is 0.104 e. The molecule has 0 spiro atoms. The van der Waals surface area contributed by atoms with E-state index >= 15 is 0 Å². The van der Waals surface area contributed by atoms with Crippen LogP contribution in [0.25, 0.3) is 0 Å². The molecule has 15 heavy (non-hydrogen) atoms. The Kier molecular flexibility index (Phi) is 3.84. The largest absolute Gasteiger partial charge is 0.469 e. The van der Waals surface area contributed by atoms with Crippen LogP contribution in [0.15, 0.2) is 22.8 Å². The Labute approximate surface area is 92.1 Å². The second-order valence-corrected chi connectivity index (χ2v) is 4.65. The van der Waals surface area contributed by atoms with Crippen molar-refractivity contribution >= 4 is 0 Å². The molecule has 84 valence electrons. The molecule has 2 nitrogen and oxygen atoms in total. The monoisotopic (exact) mass is 207 g/mol. The third-order valence-electron chi connectivity index (χ3n) is 3.58. The van der Waals surface area contributed by atoms with Crippen LogP contribution < -0.4 is 5.32 Å². The third-order valence-corrected chi connectivity index (χ3v) is 3.58. The van der Waals surface area contributed by atoms with Crippen LogP contribution in [-0.2, 0) is 6.42 Å². The molecule has 0 aliphatic heterocycles. The minimum Gasteiger partial charge on any atom is -0.469 e. The minimum atomic E-state index is 0.753. The zero-order chi connectivity index (χ0) is 10.5. The average molecular weight is 207 g/mol. The lowest BCUT2D eigenvalue weighted by Gasteiger charge is -2.22. The van der Waals surface area contributed by atoms with Gasteiger partial charge in [0, 0.05) is 6.42 Å². The molecular weight excluding hydrogens is 186 g/mol. The second kappa shape index (κ2) is 5.36. The molecule has 1 heterocycles. The Hall–Kier alpha value is -0.760. The Balaban J connectivity index is 1.93. The van der Waals surface area contributed by atoms with Gasteiger partial charge in [-0.15, -0.1) is 0 Å². The van der Waals surface area contributed by atoms with E-state index in [1.807, 2.05) is 13.1 Å². The van der Waals surface area contributed by atoms with Crippen LogP contribution in [0, 0.1) is 11.8 Å². The van der Waals surface area contributed by atoms with Gasteiger partial charge < -0.3 is 9.73 Å². The van der Waals surface area contributed by atoms with Crippen LogP contribution in [0.5, 0.6) is 0 Å². The average Bonchev–Trinajstić information content (AvgIpc) is 2.89. The summed E-state index contributed by atoms with van der Waals surface area (Å²) in [5.74, 6) is 2.80. The fourth-order valence-electron chi connectivity index (χ4n) is 2.78. The van der Waals surface area contributed by atoms with Gasteiger partial charge in [0.1, 0.15) is 5.76 Å². The van der Waals surface area contributed by atoms with Crippen LogP contribution in [0.3, 0.4) is 0 Å². The second-order valence-electron chi connectivity index (χ2n) is 4.65. The van der Waals surface area contributed by atoms with Gasteiger partial charge in [0.25, 0.3) is 0 Å². The number of rotatable bonds is 5. The van der Waals surface area contributed by atoms with E-state index in [-0.39, 0.29) is 0 Å². The van der Waals surface area contributed by atoms with Crippen molar-refractivity contribution in [1.29, 1.82) is 0 Å². The molecule has 0 bridgehead atoms. The Morgan fingerprint density at radius 1 is 1.47 bits per heavy atom. The van der Waals surface area contributed by atoms with Gasteiger partial charge in [-0.05, 0) is 37.6 Å². The first kappa shape index (κ1) is 10.7. The van der Waals surface area contributed by atoms with Crippen LogP contribution >= 0.6 is 0 Å². The zero-order valence-corrected chi connectivity index (χ0v) is 9.54. The van der Waals surface area contributed by atoms with Gasteiger partial charge >= 0.3 is 0 Å². The highest BCUT2D eigenvalue weighted by Crippen LogP contribution is 2.32. The SMILES string of the molecule is CNCC(Cc1ccco1)C1CCCC1.